The van der Waals surface area contributed by atoms with Crippen molar-refractivity contribution in [2.75, 3.05) is 6.61 Å². The second-order valence-electron chi connectivity index (χ2n) is 8.30. The second kappa shape index (κ2) is 10.4. The third kappa shape index (κ3) is 4.94. The van der Waals surface area contributed by atoms with Gasteiger partial charge in [-0.1, -0.05) is 0 Å². The van der Waals surface area contributed by atoms with Crippen LogP contribution in [0.5, 0.6) is 0 Å². The molecule has 0 aromatic heterocycles. The first-order chi connectivity index (χ1) is 15.0. The van der Waals surface area contributed by atoms with Crippen LogP contribution in [-0.2, 0) is 23.7 Å². The number of aliphatic hydroxyl groups is 9. The van der Waals surface area contributed by atoms with Crippen LogP contribution < -0.4 is 0 Å². The fraction of sp³-hybridized carbons (Fsp3) is 1.00. The Morgan fingerprint density at radius 1 is 0.562 bits per heavy atom. The lowest BCUT2D eigenvalue weighted by Crippen LogP contribution is -2.65. The van der Waals surface area contributed by atoms with E-state index in [2.05, 4.69) is 0 Å². The van der Waals surface area contributed by atoms with Gasteiger partial charge < -0.3 is 69.6 Å². The summed E-state index contributed by atoms with van der Waals surface area (Å²) in [6.07, 6.45) is -22.0. The van der Waals surface area contributed by atoms with Crippen LogP contribution in [0.1, 0.15) is 13.8 Å². The minimum atomic E-state index is -1.76. The van der Waals surface area contributed by atoms with Crippen LogP contribution in [0, 0.1) is 0 Å². The standard InChI is InChI=1S/C18H32O14/c1-4-7(20)8(21)12(25)17(28-4)31-14-5(2)29-18(13(26)10(14)23)32-15-6(3-19)30-16(27)11(24)9(15)22/h4-27H,3H2,1-2H3/t4-,5-,6+,7-,8+,9+,10-,11+,12+,13+,14-,15+,16+,17-,18-/m0/s1. The van der Waals surface area contributed by atoms with Gasteiger partial charge in [0.2, 0.25) is 0 Å². The van der Waals surface area contributed by atoms with Crippen LogP contribution in [0.2, 0.25) is 0 Å². The lowest BCUT2D eigenvalue weighted by Gasteiger charge is -2.47. The van der Waals surface area contributed by atoms with Crippen LogP contribution in [-0.4, -0.2) is 145 Å². The molecule has 188 valence electrons. The van der Waals surface area contributed by atoms with E-state index >= 15 is 0 Å². The lowest BCUT2D eigenvalue weighted by molar-refractivity contribution is -0.372. The zero-order chi connectivity index (χ0) is 23.9. The molecule has 3 aliphatic rings. The average molecular weight is 472 g/mol. The van der Waals surface area contributed by atoms with E-state index in [1.54, 1.807) is 0 Å². The molecule has 15 atom stereocenters. The smallest absolute Gasteiger partial charge is 0.187 e. The van der Waals surface area contributed by atoms with Gasteiger partial charge in [0.1, 0.15) is 61.0 Å². The molecule has 32 heavy (non-hydrogen) atoms. The minimum Gasteiger partial charge on any atom is -0.394 e. The van der Waals surface area contributed by atoms with E-state index in [1.165, 1.54) is 13.8 Å². The van der Waals surface area contributed by atoms with Crippen molar-refractivity contribution in [3.05, 3.63) is 0 Å². The summed E-state index contributed by atoms with van der Waals surface area (Å²) in [6, 6.07) is 0. The molecule has 3 rings (SSSR count). The molecule has 14 heteroatoms. The molecule has 9 N–H and O–H groups in total. The van der Waals surface area contributed by atoms with Crippen molar-refractivity contribution in [3.63, 3.8) is 0 Å². The van der Waals surface area contributed by atoms with Crippen molar-refractivity contribution >= 4 is 0 Å². The van der Waals surface area contributed by atoms with Crippen LogP contribution in [0.3, 0.4) is 0 Å². The Hall–Kier alpha value is -0.560. The number of aliphatic hydroxyl groups excluding tert-OH is 9. The highest BCUT2D eigenvalue weighted by molar-refractivity contribution is 4.95. The Morgan fingerprint density at radius 2 is 1.06 bits per heavy atom. The molecule has 14 nitrogen and oxygen atoms in total. The number of hydrogen-bond acceptors (Lipinski definition) is 14. The highest BCUT2D eigenvalue weighted by atomic mass is 16.7. The third-order valence-corrected chi connectivity index (χ3v) is 6.01. The Balaban J connectivity index is 1.67. The summed E-state index contributed by atoms with van der Waals surface area (Å²) in [4.78, 5) is 0. The summed E-state index contributed by atoms with van der Waals surface area (Å²) < 4.78 is 26.9. The molecule has 0 amide bonds. The van der Waals surface area contributed by atoms with Crippen LogP contribution >= 0.6 is 0 Å². The fourth-order valence-corrected chi connectivity index (χ4v) is 3.98. The Morgan fingerprint density at radius 3 is 1.66 bits per heavy atom. The summed E-state index contributed by atoms with van der Waals surface area (Å²) in [6.45, 7) is 2.21. The summed E-state index contributed by atoms with van der Waals surface area (Å²) in [7, 11) is 0. The van der Waals surface area contributed by atoms with Gasteiger partial charge in [-0.15, -0.1) is 0 Å². The van der Waals surface area contributed by atoms with Gasteiger partial charge in [-0.05, 0) is 13.8 Å². The first-order valence-electron chi connectivity index (χ1n) is 10.3. The Kier molecular flexibility index (Phi) is 8.44. The number of rotatable bonds is 5. The molecule has 0 spiro atoms. The lowest BCUT2D eigenvalue weighted by atomic mass is 9.96. The van der Waals surface area contributed by atoms with Crippen LogP contribution in [0.15, 0.2) is 0 Å². The Labute approximate surface area is 183 Å². The molecular formula is C18H32O14. The summed E-state index contributed by atoms with van der Waals surface area (Å²) in [5, 5.41) is 89.9. The molecule has 0 saturated carbocycles. The minimum absolute atomic E-state index is 0.693. The van der Waals surface area contributed by atoms with Gasteiger partial charge in [-0.2, -0.15) is 0 Å². The van der Waals surface area contributed by atoms with Crippen LogP contribution in [0.4, 0.5) is 0 Å². The second-order valence-corrected chi connectivity index (χ2v) is 8.30. The molecule has 0 aromatic carbocycles. The first kappa shape index (κ1) is 26.1. The quantitative estimate of drug-likeness (QED) is 0.182. The predicted molar refractivity (Wildman–Crippen MR) is 98.4 cm³/mol. The third-order valence-electron chi connectivity index (χ3n) is 6.01. The zero-order valence-electron chi connectivity index (χ0n) is 17.4. The molecule has 0 aromatic rings. The van der Waals surface area contributed by atoms with Crippen LogP contribution in [0.25, 0.3) is 0 Å². The molecule has 0 radical (unpaired) electrons. The van der Waals surface area contributed by atoms with Crippen molar-refractivity contribution in [1.82, 2.24) is 0 Å². The first-order valence-corrected chi connectivity index (χ1v) is 10.3. The maximum atomic E-state index is 10.6. The summed E-state index contributed by atoms with van der Waals surface area (Å²) in [5.74, 6) is 0. The van der Waals surface area contributed by atoms with E-state index in [9.17, 15) is 46.0 Å². The normalized spacial score (nSPS) is 55.0. The largest absolute Gasteiger partial charge is 0.394 e. The number of ether oxygens (including phenoxy) is 5. The van der Waals surface area contributed by atoms with Gasteiger partial charge in [0, 0.05) is 0 Å². The molecule has 3 aliphatic heterocycles. The topological polar surface area (TPSA) is 228 Å². The van der Waals surface area contributed by atoms with E-state index < -0.39 is 98.7 Å². The van der Waals surface area contributed by atoms with E-state index in [0.717, 1.165) is 0 Å². The predicted octanol–water partition coefficient (Wildman–Crippen LogP) is -5.52. The van der Waals surface area contributed by atoms with Crippen molar-refractivity contribution in [2.24, 2.45) is 0 Å². The summed E-state index contributed by atoms with van der Waals surface area (Å²) >= 11 is 0. The van der Waals surface area contributed by atoms with Gasteiger partial charge >= 0.3 is 0 Å². The molecule has 3 heterocycles. The van der Waals surface area contributed by atoms with Crippen molar-refractivity contribution in [1.29, 1.82) is 0 Å². The zero-order valence-corrected chi connectivity index (χ0v) is 17.4. The van der Waals surface area contributed by atoms with Gasteiger partial charge in [-0.25, -0.2) is 0 Å². The molecule has 3 fully saturated rings. The molecule has 3 saturated heterocycles. The molecular weight excluding hydrogens is 440 g/mol. The van der Waals surface area contributed by atoms with Crippen molar-refractivity contribution in [3.8, 4) is 0 Å². The summed E-state index contributed by atoms with van der Waals surface area (Å²) in [5.41, 5.74) is 0. The fourth-order valence-electron chi connectivity index (χ4n) is 3.98. The highest BCUT2D eigenvalue weighted by Crippen LogP contribution is 2.31. The SMILES string of the molecule is C[C@@H]1O[C@@H](O[C@@H]2[C@@H](O)[C@@H](O)[C@H](O[C@H]3[C@H](O)[C@@H](O)[C@H](O)O[C@@H]3CO)O[C@H]2C)[C@H](O)[C@H](O)[C@H]1O. The molecule has 0 bridgehead atoms. The Bertz CT molecular complexity index is 608. The van der Waals surface area contributed by atoms with E-state index in [4.69, 9.17) is 23.7 Å². The maximum Gasteiger partial charge on any atom is 0.187 e. The van der Waals surface area contributed by atoms with Crippen molar-refractivity contribution in [2.45, 2.75) is 106 Å². The van der Waals surface area contributed by atoms with E-state index in [0.29, 0.717) is 0 Å². The van der Waals surface area contributed by atoms with Gasteiger partial charge in [-0.3, -0.25) is 0 Å². The average Bonchev–Trinajstić information content (AvgIpc) is 2.76. The van der Waals surface area contributed by atoms with E-state index in [1.807, 2.05) is 0 Å². The number of hydrogen-bond donors (Lipinski definition) is 9. The van der Waals surface area contributed by atoms with E-state index in [-0.39, 0.29) is 0 Å². The molecule has 0 unspecified atom stereocenters. The monoisotopic (exact) mass is 472 g/mol. The highest BCUT2D eigenvalue weighted by Gasteiger charge is 2.52. The maximum absolute atomic E-state index is 10.6. The molecule has 0 aliphatic carbocycles. The van der Waals surface area contributed by atoms with Gasteiger partial charge in [0.05, 0.1) is 18.8 Å². The van der Waals surface area contributed by atoms with Crippen molar-refractivity contribution < 1.29 is 69.6 Å². The van der Waals surface area contributed by atoms with Gasteiger partial charge in [0.15, 0.2) is 18.9 Å². The van der Waals surface area contributed by atoms with Gasteiger partial charge in [0.25, 0.3) is 0 Å².